The van der Waals surface area contributed by atoms with Gasteiger partial charge in [-0.05, 0) is 33.5 Å². The predicted molar refractivity (Wildman–Crippen MR) is 77.7 cm³/mol. The molecule has 0 fully saturated rings. The van der Waals surface area contributed by atoms with Gasteiger partial charge in [-0.2, -0.15) is 5.10 Å². The average Bonchev–Trinajstić information content (AvgIpc) is 2.66. The Labute approximate surface area is 120 Å². The van der Waals surface area contributed by atoms with Gasteiger partial charge in [0.15, 0.2) is 0 Å². The molecule has 102 valence electrons. The average molecular weight is 326 g/mol. The van der Waals surface area contributed by atoms with Gasteiger partial charge in [-0.25, -0.2) is 9.31 Å². The predicted octanol–water partition coefficient (Wildman–Crippen LogP) is 3.63. The lowest BCUT2D eigenvalue weighted by atomic mass is 9.96. The van der Waals surface area contributed by atoms with Crippen molar-refractivity contribution in [1.82, 2.24) is 9.61 Å². The number of hydrogen-bond acceptors (Lipinski definition) is 2. The number of fused-ring (bicyclic) bond motifs is 1. The summed E-state index contributed by atoms with van der Waals surface area (Å²) in [4.78, 5) is 12.8. The van der Waals surface area contributed by atoms with Crippen LogP contribution in [0.3, 0.4) is 0 Å². The quantitative estimate of drug-likeness (QED) is 0.917. The number of nitrogens with zero attached hydrogens (tertiary/aromatic N) is 3. The van der Waals surface area contributed by atoms with E-state index in [1.807, 2.05) is 26.8 Å². The first-order chi connectivity index (χ1) is 8.78. The Hall–Kier alpha value is -1.56. The van der Waals surface area contributed by atoms with E-state index in [0.29, 0.717) is 12.2 Å². The maximum Gasteiger partial charge on any atom is 0.411 e. The highest BCUT2D eigenvalue weighted by atomic mass is 79.9. The minimum atomic E-state index is -0.949. The van der Waals surface area contributed by atoms with Crippen molar-refractivity contribution in [2.24, 2.45) is 5.41 Å². The third kappa shape index (κ3) is 3.07. The molecule has 0 saturated heterocycles. The molecule has 0 aliphatic rings. The minimum absolute atomic E-state index is 0.109. The van der Waals surface area contributed by atoms with E-state index in [9.17, 15) is 9.90 Å². The molecule has 0 unspecified atom stereocenters. The Morgan fingerprint density at radius 3 is 2.79 bits per heavy atom. The molecule has 0 radical (unpaired) electrons. The Kier molecular flexibility index (Phi) is 3.54. The van der Waals surface area contributed by atoms with Crippen LogP contribution in [0.5, 0.6) is 0 Å². The van der Waals surface area contributed by atoms with E-state index < -0.39 is 6.09 Å². The van der Waals surface area contributed by atoms with E-state index >= 15 is 0 Å². The third-order valence-corrected chi connectivity index (χ3v) is 3.24. The van der Waals surface area contributed by atoms with Gasteiger partial charge < -0.3 is 5.11 Å². The van der Waals surface area contributed by atoms with Gasteiger partial charge in [0.25, 0.3) is 0 Å². The molecule has 0 aliphatic heterocycles. The van der Waals surface area contributed by atoms with Crippen LogP contribution in [-0.4, -0.2) is 27.4 Å². The van der Waals surface area contributed by atoms with Crippen molar-refractivity contribution in [3.63, 3.8) is 0 Å². The molecule has 2 heterocycles. The molecule has 2 rings (SSSR count). The van der Waals surface area contributed by atoms with Gasteiger partial charge in [0, 0.05) is 12.7 Å². The van der Waals surface area contributed by atoms with Gasteiger partial charge in [-0.15, -0.1) is 0 Å². The van der Waals surface area contributed by atoms with Crippen molar-refractivity contribution in [2.45, 2.75) is 20.8 Å². The lowest BCUT2D eigenvalue weighted by Crippen LogP contribution is -2.36. The molecular formula is C13H16BrN3O2. The van der Waals surface area contributed by atoms with E-state index in [1.54, 1.807) is 23.0 Å². The summed E-state index contributed by atoms with van der Waals surface area (Å²) in [7, 11) is 0. The van der Waals surface area contributed by atoms with Gasteiger partial charge in [-0.3, -0.25) is 4.90 Å². The molecular weight excluding hydrogens is 310 g/mol. The molecule has 1 N–H and O–H groups in total. The van der Waals surface area contributed by atoms with Gasteiger partial charge in [0.05, 0.1) is 21.9 Å². The SMILES string of the molecule is CC(C)(C)CN(C(=O)O)c1ccn2ncc(Br)c2c1. The van der Waals surface area contributed by atoms with Crippen molar-refractivity contribution in [2.75, 3.05) is 11.4 Å². The summed E-state index contributed by atoms with van der Waals surface area (Å²) in [6, 6.07) is 3.57. The highest BCUT2D eigenvalue weighted by Gasteiger charge is 2.22. The number of pyridine rings is 1. The van der Waals surface area contributed by atoms with Crippen molar-refractivity contribution >= 4 is 33.2 Å². The molecule has 6 heteroatoms. The molecule has 2 aromatic rings. The number of carboxylic acid groups (broad SMARTS) is 1. The summed E-state index contributed by atoms with van der Waals surface area (Å²) in [5, 5.41) is 13.5. The second kappa shape index (κ2) is 4.85. The molecule has 0 bridgehead atoms. The normalized spacial score (nSPS) is 11.8. The fraction of sp³-hybridized carbons (Fsp3) is 0.385. The van der Waals surface area contributed by atoms with Gasteiger partial charge in [0.2, 0.25) is 0 Å². The topological polar surface area (TPSA) is 57.8 Å². The summed E-state index contributed by atoms with van der Waals surface area (Å²) in [6.45, 7) is 6.47. The summed E-state index contributed by atoms with van der Waals surface area (Å²) < 4.78 is 2.54. The second-order valence-corrected chi connectivity index (χ2v) is 6.49. The van der Waals surface area contributed by atoms with Crippen LogP contribution in [0.1, 0.15) is 20.8 Å². The van der Waals surface area contributed by atoms with Crippen LogP contribution in [0.25, 0.3) is 5.52 Å². The zero-order valence-electron chi connectivity index (χ0n) is 11.1. The number of halogens is 1. The molecule has 2 aromatic heterocycles. The number of carbonyl (C=O) groups is 1. The first-order valence-corrected chi connectivity index (χ1v) is 6.70. The molecule has 0 aliphatic carbocycles. The lowest BCUT2D eigenvalue weighted by Gasteiger charge is -2.27. The van der Waals surface area contributed by atoms with Crippen LogP contribution in [0.4, 0.5) is 10.5 Å². The Morgan fingerprint density at radius 1 is 1.53 bits per heavy atom. The summed E-state index contributed by atoms with van der Waals surface area (Å²) in [5.41, 5.74) is 1.39. The van der Waals surface area contributed by atoms with E-state index in [4.69, 9.17) is 0 Å². The van der Waals surface area contributed by atoms with Crippen molar-refractivity contribution in [3.8, 4) is 0 Å². The standard InChI is InChI=1S/C13H16BrN3O2/c1-13(2,3)8-16(12(18)19)9-4-5-17-11(6-9)10(14)7-15-17/h4-7H,8H2,1-3H3,(H,18,19). The largest absolute Gasteiger partial charge is 0.465 e. The zero-order valence-corrected chi connectivity index (χ0v) is 12.7. The van der Waals surface area contributed by atoms with Crippen LogP contribution >= 0.6 is 15.9 Å². The highest BCUT2D eigenvalue weighted by molar-refractivity contribution is 9.10. The van der Waals surface area contributed by atoms with E-state index in [1.165, 1.54) is 4.90 Å². The number of hydrogen-bond donors (Lipinski definition) is 1. The Balaban J connectivity index is 2.44. The smallest absolute Gasteiger partial charge is 0.411 e. The minimum Gasteiger partial charge on any atom is -0.465 e. The van der Waals surface area contributed by atoms with E-state index in [2.05, 4.69) is 21.0 Å². The molecule has 1 amide bonds. The fourth-order valence-corrected chi connectivity index (χ4v) is 2.24. The maximum atomic E-state index is 11.4. The van der Waals surface area contributed by atoms with Crippen molar-refractivity contribution < 1.29 is 9.90 Å². The second-order valence-electron chi connectivity index (χ2n) is 5.64. The van der Waals surface area contributed by atoms with Crippen LogP contribution in [0.2, 0.25) is 0 Å². The third-order valence-electron chi connectivity index (χ3n) is 2.63. The number of amides is 1. The molecule has 0 saturated carbocycles. The summed E-state index contributed by atoms with van der Waals surface area (Å²) >= 11 is 3.40. The molecule has 19 heavy (non-hydrogen) atoms. The van der Waals surface area contributed by atoms with Crippen LogP contribution in [0, 0.1) is 5.41 Å². The number of rotatable bonds is 2. The Morgan fingerprint density at radius 2 is 2.21 bits per heavy atom. The molecule has 0 spiro atoms. The van der Waals surface area contributed by atoms with Crippen molar-refractivity contribution in [1.29, 1.82) is 0 Å². The molecule has 0 aromatic carbocycles. The summed E-state index contributed by atoms with van der Waals surface area (Å²) in [6.07, 6.45) is 2.50. The van der Waals surface area contributed by atoms with Crippen LogP contribution in [-0.2, 0) is 0 Å². The summed E-state index contributed by atoms with van der Waals surface area (Å²) in [5.74, 6) is 0. The van der Waals surface area contributed by atoms with Crippen LogP contribution < -0.4 is 4.90 Å². The zero-order chi connectivity index (χ0) is 14.2. The first kappa shape index (κ1) is 13.9. The van der Waals surface area contributed by atoms with Gasteiger partial charge in [-0.1, -0.05) is 20.8 Å². The first-order valence-electron chi connectivity index (χ1n) is 5.91. The number of aromatic nitrogens is 2. The molecule has 0 atom stereocenters. The monoisotopic (exact) mass is 325 g/mol. The number of anilines is 1. The van der Waals surface area contributed by atoms with E-state index in [0.717, 1.165) is 9.99 Å². The van der Waals surface area contributed by atoms with Crippen molar-refractivity contribution in [3.05, 3.63) is 29.0 Å². The highest BCUT2D eigenvalue weighted by Crippen LogP contribution is 2.25. The maximum absolute atomic E-state index is 11.4. The van der Waals surface area contributed by atoms with E-state index in [-0.39, 0.29) is 5.41 Å². The van der Waals surface area contributed by atoms with Gasteiger partial charge in [0.1, 0.15) is 0 Å². The lowest BCUT2D eigenvalue weighted by molar-refractivity contribution is 0.198. The fourth-order valence-electron chi connectivity index (χ4n) is 1.85. The van der Waals surface area contributed by atoms with Crippen LogP contribution in [0.15, 0.2) is 29.0 Å². The Bertz CT molecular complexity index is 616. The van der Waals surface area contributed by atoms with Gasteiger partial charge >= 0.3 is 6.09 Å². The molecule has 5 nitrogen and oxygen atoms in total.